The third-order valence-electron chi connectivity index (χ3n) is 7.97. The number of alkyl halides is 5. The number of nitrogens with zero attached hydrogens (tertiary/aromatic N) is 3. The lowest BCUT2D eigenvalue weighted by Crippen LogP contribution is -2.54. The average Bonchev–Trinajstić information content (AvgIpc) is 2.99. The van der Waals surface area contributed by atoms with Crippen LogP contribution in [0.3, 0.4) is 0 Å². The van der Waals surface area contributed by atoms with E-state index in [1.165, 1.54) is 20.8 Å². The zero-order valence-corrected chi connectivity index (χ0v) is 24.7. The lowest BCUT2D eigenvalue weighted by molar-refractivity contribution is -0.360. The minimum Gasteiger partial charge on any atom is -0.426 e. The van der Waals surface area contributed by atoms with Gasteiger partial charge in [0, 0.05) is 31.7 Å². The number of carbonyl (C=O) groups excluding carboxylic acids is 2. The molecule has 1 fully saturated rings. The van der Waals surface area contributed by atoms with Crippen LogP contribution in [-0.2, 0) is 14.8 Å². The maximum absolute atomic E-state index is 13.5. The van der Waals surface area contributed by atoms with E-state index in [4.69, 9.17) is 5.26 Å². The van der Waals surface area contributed by atoms with Crippen molar-refractivity contribution < 1.29 is 49.9 Å². The number of hydrogen-bond acceptors (Lipinski definition) is 7. The second-order valence-electron chi connectivity index (χ2n) is 10.9. The molecule has 242 valence electrons. The molecule has 2 aromatic carbocycles. The van der Waals surface area contributed by atoms with Crippen molar-refractivity contribution in [2.24, 2.45) is 5.41 Å². The highest BCUT2D eigenvalue weighted by Gasteiger charge is 2.61. The van der Waals surface area contributed by atoms with Crippen LogP contribution in [0.1, 0.15) is 46.3 Å². The van der Waals surface area contributed by atoms with Gasteiger partial charge < -0.3 is 9.64 Å². The summed E-state index contributed by atoms with van der Waals surface area (Å²) in [4.78, 5) is 27.1. The number of nitrogens with one attached hydrogen (secondary N) is 1. The Labute approximate surface area is 255 Å². The maximum Gasteiger partial charge on any atom is 0.499 e. The zero-order chi connectivity index (χ0) is 33.2. The van der Waals surface area contributed by atoms with Crippen molar-refractivity contribution in [3.05, 3.63) is 70.8 Å². The number of ether oxygens (including phenoxy) is 1. The van der Waals surface area contributed by atoms with Crippen molar-refractivity contribution in [2.45, 2.75) is 38.5 Å². The van der Waals surface area contributed by atoms with Crippen LogP contribution in [0.15, 0.2) is 48.5 Å². The molecule has 2 aliphatic heterocycles. The number of likely N-dealkylation sites (tertiary alicyclic amines) is 1. The predicted octanol–water partition coefficient (Wildman–Crippen LogP) is 4.25. The quantitative estimate of drug-likeness (QED) is 0.246. The lowest BCUT2D eigenvalue weighted by atomic mass is 9.79. The molecule has 0 saturated carbocycles. The van der Waals surface area contributed by atoms with E-state index in [1.54, 1.807) is 24.3 Å². The van der Waals surface area contributed by atoms with Crippen molar-refractivity contribution in [1.29, 1.82) is 5.26 Å². The molecule has 0 aromatic heterocycles. The van der Waals surface area contributed by atoms with Gasteiger partial charge in [-0.25, -0.2) is 13.9 Å². The maximum atomic E-state index is 13.5. The summed E-state index contributed by atoms with van der Waals surface area (Å²) in [6, 6.07) is 11.1. The van der Waals surface area contributed by atoms with E-state index in [1.807, 2.05) is 6.92 Å². The predicted molar refractivity (Wildman–Crippen MR) is 149 cm³/mol. The molecule has 2 N–H and O–H groups in total. The first kappa shape index (κ1) is 33.8. The standard InChI is InChI=1S/C29H29F5N4O6S/c1-19-15-20(17-35)5-6-24(19)21-7-11-38(12-8-21)45(42,43)18-27(26(40)36-41)9-13-37(14-10-27)25(39)22-3-2-4-23(16-22)44-29(33,34)28(30,31)32/h2-7,15-16,41H,8-14,18H2,1H3,(H,36,40). The first-order valence-electron chi connectivity index (χ1n) is 13.7. The molecule has 0 unspecified atom stereocenters. The third kappa shape index (κ3) is 7.26. The third-order valence-corrected chi connectivity index (χ3v) is 10.0. The molecule has 16 heteroatoms. The molecular formula is C29H29F5N4O6S. The normalized spacial score (nSPS) is 17.6. The van der Waals surface area contributed by atoms with Crippen LogP contribution in [-0.4, -0.2) is 78.9 Å². The fourth-order valence-electron chi connectivity index (χ4n) is 5.46. The van der Waals surface area contributed by atoms with E-state index in [9.17, 15) is 45.2 Å². The second kappa shape index (κ2) is 12.7. The summed E-state index contributed by atoms with van der Waals surface area (Å²) >= 11 is 0. The highest BCUT2D eigenvalue weighted by atomic mass is 32.2. The molecule has 0 radical (unpaired) electrons. The van der Waals surface area contributed by atoms with Gasteiger partial charge in [0.25, 0.3) is 11.8 Å². The summed E-state index contributed by atoms with van der Waals surface area (Å²) in [5.74, 6) is -3.27. The molecule has 0 spiro atoms. The number of halogens is 5. The van der Waals surface area contributed by atoms with Crippen molar-refractivity contribution >= 4 is 27.4 Å². The number of hydrogen-bond donors (Lipinski definition) is 2. The smallest absolute Gasteiger partial charge is 0.426 e. The molecule has 1 saturated heterocycles. The molecule has 2 aliphatic rings. The number of nitriles is 1. The number of benzene rings is 2. The topological polar surface area (TPSA) is 140 Å². The highest BCUT2D eigenvalue weighted by Crippen LogP contribution is 2.38. The number of hydroxylamine groups is 1. The Bertz CT molecular complexity index is 1650. The van der Waals surface area contributed by atoms with E-state index >= 15 is 0 Å². The molecule has 0 bridgehead atoms. The minimum atomic E-state index is -5.98. The van der Waals surface area contributed by atoms with Crippen LogP contribution in [0, 0.1) is 23.7 Å². The number of amides is 2. The first-order chi connectivity index (χ1) is 21.0. The van der Waals surface area contributed by atoms with Gasteiger partial charge in [-0.05, 0) is 73.2 Å². The summed E-state index contributed by atoms with van der Waals surface area (Å²) < 4.78 is 96.3. The van der Waals surface area contributed by atoms with Crippen LogP contribution in [0.2, 0.25) is 0 Å². The molecule has 45 heavy (non-hydrogen) atoms. The summed E-state index contributed by atoms with van der Waals surface area (Å²) in [5.41, 5.74) is 2.83. The minimum absolute atomic E-state index is 0.0321. The van der Waals surface area contributed by atoms with Crippen LogP contribution in [0.4, 0.5) is 22.0 Å². The van der Waals surface area contributed by atoms with Gasteiger partial charge in [-0.3, -0.25) is 14.8 Å². The fourth-order valence-corrected chi connectivity index (χ4v) is 7.43. The van der Waals surface area contributed by atoms with Crippen molar-refractivity contribution in [2.75, 3.05) is 31.9 Å². The number of aryl methyl sites for hydroxylation is 1. The summed E-state index contributed by atoms with van der Waals surface area (Å²) in [7, 11) is -4.06. The van der Waals surface area contributed by atoms with E-state index in [0.29, 0.717) is 12.0 Å². The van der Waals surface area contributed by atoms with Gasteiger partial charge in [0.05, 0.1) is 22.8 Å². The zero-order valence-electron chi connectivity index (χ0n) is 23.9. The van der Waals surface area contributed by atoms with E-state index in [-0.39, 0.29) is 44.6 Å². The van der Waals surface area contributed by atoms with Crippen molar-refractivity contribution in [1.82, 2.24) is 14.7 Å². The Morgan fingerprint density at radius 1 is 1.09 bits per heavy atom. The molecule has 2 aromatic rings. The van der Waals surface area contributed by atoms with Crippen molar-refractivity contribution in [3.8, 4) is 11.8 Å². The van der Waals surface area contributed by atoms with E-state index in [0.717, 1.165) is 34.9 Å². The Hall–Kier alpha value is -4.07. The molecule has 0 aliphatic carbocycles. The largest absolute Gasteiger partial charge is 0.499 e. The summed E-state index contributed by atoms with van der Waals surface area (Å²) in [6.07, 6.45) is -9.70. The Balaban J connectivity index is 1.45. The summed E-state index contributed by atoms with van der Waals surface area (Å²) in [5, 5.41) is 18.5. The Kier molecular flexibility index (Phi) is 9.57. The monoisotopic (exact) mass is 656 g/mol. The SMILES string of the molecule is Cc1cc(C#N)ccc1C1=CCN(S(=O)(=O)CC2(C(=O)NO)CCN(C(=O)c3cccc(OC(F)(F)C(F)(F)F)c3)CC2)CC1. The van der Waals surface area contributed by atoms with Crippen LogP contribution in [0.25, 0.3) is 5.57 Å². The van der Waals surface area contributed by atoms with Crippen LogP contribution < -0.4 is 10.2 Å². The highest BCUT2D eigenvalue weighted by molar-refractivity contribution is 7.89. The molecule has 2 amide bonds. The number of carbonyl (C=O) groups is 2. The molecular weight excluding hydrogens is 627 g/mol. The lowest BCUT2D eigenvalue weighted by Gasteiger charge is -2.41. The van der Waals surface area contributed by atoms with Crippen LogP contribution >= 0.6 is 0 Å². The molecule has 10 nitrogen and oxygen atoms in total. The number of piperidine rings is 1. The first-order valence-corrected chi connectivity index (χ1v) is 15.3. The van der Waals surface area contributed by atoms with Gasteiger partial charge in [0.1, 0.15) is 5.75 Å². The van der Waals surface area contributed by atoms with Gasteiger partial charge in [-0.15, -0.1) is 0 Å². The number of sulfonamides is 1. The van der Waals surface area contributed by atoms with Gasteiger partial charge in [0.2, 0.25) is 10.0 Å². The molecule has 0 atom stereocenters. The second-order valence-corrected chi connectivity index (χ2v) is 12.9. The summed E-state index contributed by atoms with van der Waals surface area (Å²) in [6.45, 7) is 1.66. The fraction of sp³-hybridized carbons (Fsp3) is 0.414. The van der Waals surface area contributed by atoms with E-state index in [2.05, 4.69) is 10.8 Å². The Morgan fingerprint density at radius 2 is 1.78 bits per heavy atom. The van der Waals surface area contributed by atoms with Gasteiger partial charge in [-0.2, -0.15) is 31.5 Å². The molecule has 4 rings (SSSR count). The van der Waals surface area contributed by atoms with Crippen LogP contribution in [0.5, 0.6) is 5.75 Å². The number of rotatable bonds is 8. The van der Waals surface area contributed by atoms with Crippen molar-refractivity contribution in [3.63, 3.8) is 0 Å². The molecule has 2 heterocycles. The Morgan fingerprint density at radius 3 is 2.33 bits per heavy atom. The van der Waals surface area contributed by atoms with Gasteiger partial charge in [0.15, 0.2) is 0 Å². The van der Waals surface area contributed by atoms with E-state index < -0.39 is 51.0 Å². The average molecular weight is 657 g/mol. The van der Waals surface area contributed by atoms with Gasteiger partial charge in [-0.1, -0.05) is 18.2 Å². The van der Waals surface area contributed by atoms with Gasteiger partial charge >= 0.3 is 12.3 Å².